The Bertz CT molecular complexity index is 470. The van der Waals surface area contributed by atoms with Crippen LogP contribution < -0.4 is 4.90 Å². The normalized spacial score (nSPS) is 23.7. The SMILES string of the molecule is CC1CCC(N(C)c2cc(Cl)nc(C(F)(F)F)n2)CC1. The molecular formula is C13H17ClF3N3. The molecule has 1 fully saturated rings. The third-order valence-corrected chi connectivity index (χ3v) is 4.02. The molecule has 1 aliphatic carbocycles. The van der Waals surface area contributed by atoms with Crippen molar-refractivity contribution in [2.24, 2.45) is 5.92 Å². The van der Waals surface area contributed by atoms with Crippen molar-refractivity contribution in [1.82, 2.24) is 9.97 Å². The van der Waals surface area contributed by atoms with E-state index in [2.05, 4.69) is 16.9 Å². The van der Waals surface area contributed by atoms with Crippen molar-refractivity contribution >= 4 is 17.4 Å². The monoisotopic (exact) mass is 307 g/mol. The van der Waals surface area contributed by atoms with Gasteiger partial charge >= 0.3 is 6.18 Å². The van der Waals surface area contributed by atoms with Crippen LogP contribution in [0.3, 0.4) is 0 Å². The Morgan fingerprint density at radius 3 is 2.35 bits per heavy atom. The molecule has 1 aliphatic rings. The van der Waals surface area contributed by atoms with Crippen molar-refractivity contribution in [1.29, 1.82) is 0 Å². The van der Waals surface area contributed by atoms with Crippen LogP contribution in [-0.4, -0.2) is 23.1 Å². The first kappa shape index (κ1) is 15.4. The second-order valence-electron chi connectivity index (χ2n) is 5.39. The Hall–Kier alpha value is -1.04. The van der Waals surface area contributed by atoms with E-state index in [1.165, 1.54) is 6.07 Å². The Balaban J connectivity index is 2.21. The first-order chi connectivity index (χ1) is 9.27. The third kappa shape index (κ3) is 3.53. The van der Waals surface area contributed by atoms with E-state index >= 15 is 0 Å². The molecular weight excluding hydrogens is 291 g/mol. The van der Waals surface area contributed by atoms with Gasteiger partial charge in [-0.05, 0) is 31.6 Å². The lowest BCUT2D eigenvalue weighted by molar-refractivity contribution is -0.144. The summed E-state index contributed by atoms with van der Waals surface area (Å²) in [7, 11) is 1.76. The minimum Gasteiger partial charge on any atom is -0.357 e. The van der Waals surface area contributed by atoms with Crippen LogP contribution in [-0.2, 0) is 6.18 Å². The number of hydrogen-bond donors (Lipinski definition) is 0. The average Bonchev–Trinajstić information content (AvgIpc) is 2.37. The quantitative estimate of drug-likeness (QED) is 0.768. The molecule has 112 valence electrons. The zero-order valence-electron chi connectivity index (χ0n) is 11.4. The van der Waals surface area contributed by atoms with Crippen molar-refractivity contribution in [2.45, 2.75) is 44.8 Å². The Labute approximate surface area is 121 Å². The van der Waals surface area contributed by atoms with Gasteiger partial charge in [0.15, 0.2) is 0 Å². The molecule has 0 atom stereocenters. The number of anilines is 1. The molecule has 3 nitrogen and oxygen atoms in total. The van der Waals surface area contributed by atoms with Gasteiger partial charge in [-0.1, -0.05) is 18.5 Å². The van der Waals surface area contributed by atoms with E-state index in [9.17, 15) is 13.2 Å². The minimum atomic E-state index is -4.58. The summed E-state index contributed by atoms with van der Waals surface area (Å²) in [6.07, 6.45) is -0.497. The molecule has 1 saturated carbocycles. The molecule has 2 rings (SSSR count). The fourth-order valence-corrected chi connectivity index (χ4v) is 2.71. The first-order valence-corrected chi connectivity index (χ1v) is 7.00. The minimum absolute atomic E-state index is 0.182. The molecule has 0 aromatic carbocycles. The number of hydrogen-bond acceptors (Lipinski definition) is 3. The van der Waals surface area contributed by atoms with Crippen LogP contribution in [0.1, 0.15) is 38.4 Å². The van der Waals surface area contributed by atoms with Crippen LogP contribution in [0.15, 0.2) is 6.07 Å². The van der Waals surface area contributed by atoms with E-state index in [-0.39, 0.29) is 17.0 Å². The first-order valence-electron chi connectivity index (χ1n) is 6.62. The summed E-state index contributed by atoms with van der Waals surface area (Å²) in [5.41, 5.74) is 0. The lowest BCUT2D eigenvalue weighted by Gasteiger charge is -2.34. The smallest absolute Gasteiger partial charge is 0.357 e. The van der Waals surface area contributed by atoms with Gasteiger partial charge in [0.1, 0.15) is 11.0 Å². The van der Waals surface area contributed by atoms with E-state index < -0.39 is 12.0 Å². The molecule has 7 heteroatoms. The topological polar surface area (TPSA) is 29.0 Å². The summed E-state index contributed by atoms with van der Waals surface area (Å²) in [4.78, 5) is 8.64. The van der Waals surface area contributed by atoms with Gasteiger partial charge in [0.05, 0.1) is 0 Å². The number of alkyl halides is 3. The van der Waals surface area contributed by atoms with Crippen molar-refractivity contribution in [3.63, 3.8) is 0 Å². The maximum atomic E-state index is 12.7. The fourth-order valence-electron chi connectivity index (χ4n) is 2.53. The maximum absolute atomic E-state index is 12.7. The van der Waals surface area contributed by atoms with E-state index in [0.29, 0.717) is 5.92 Å². The van der Waals surface area contributed by atoms with Gasteiger partial charge in [-0.2, -0.15) is 13.2 Å². The summed E-state index contributed by atoms with van der Waals surface area (Å²) in [6, 6.07) is 1.59. The standard InChI is InChI=1S/C13H17ClF3N3/c1-8-3-5-9(6-4-8)20(2)11-7-10(14)18-12(19-11)13(15,16)17/h7-9H,3-6H2,1-2H3. The molecule has 20 heavy (non-hydrogen) atoms. The highest BCUT2D eigenvalue weighted by atomic mass is 35.5. The Kier molecular flexibility index (Phi) is 4.42. The second-order valence-corrected chi connectivity index (χ2v) is 5.78. The summed E-state index contributed by atoms with van der Waals surface area (Å²) < 4.78 is 38.1. The molecule has 0 bridgehead atoms. The van der Waals surface area contributed by atoms with Gasteiger partial charge in [-0.25, -0.2) is 9.97 Å². The number of halogens is 4. The summed E-state index contributed by atoms with van der Waals surface area (Å²) >= 11 is 5.68. The van der Waals surface area contributed by atoms with Crippen LogP contribution in [0.5, 0.6) is 0 Å². The lowest BCUT2D eigenvalue weighted by atomic mass is 9.87. The van der Waals surface area contributed by atoms with Crippen molar-refractivity contribution in [3.8, 4) is 0 Å². The van der Waals surface area contributed by atoms with Crippen LogP contribution in [0.4, 0.5) is 19.0 Å². The Morgan fingerprint density at radius 1 is 1.20 bits per heavy atom. The van der Waals surface area contributed by atoms with Gasteiger partial charge in [0.2, 0.25) is 5.82 Å². The van der Waals surface area contributed by atoms with Crippen molar-refractivity contribution in [3.05, 3.63) is 17.0 Å². The zero-order valence-corrected chi connectivity index (χ0v) is 12.2. The molecule has 1 aromatic rings. The predicted octanol–water partition coefficient (Wildman–Crippen LogP) is 4.16. The van der Waals surface area contributed by atoms with Crippen LogP contribution in [0, 0.1) is 5.92 Å². The molecule has 0 amide bonds. The molecule has 0 radical (unpaired) electrons. The molecule has 0 N–H and O–H groups in total. The van der Waals surface area contributed by atoms with E-state index in [0.717, 1.165) is 25.7 Å². The summed E-state index contributed by atoms with van der Waals surface area (Å²) in [5.74, 6) is -0.271. The van der Waals surface area contributed by atoms with E-state index in [1.54, 1.807) is 11.9 Å². The molecule has 0 spiro atoms. The second kappa shape index (κ2) is 5.76. The third-order valence-electron chi connectivity index (χ3n) is 3.83. The molecule has 0 unspecified atom stereocenters. The van der Waals surface area contributed by atoms with Gasteiger partial charge in [-0.15, -0.1) is 0 Å². The van der Waals surface area contributed by atoms with Gasteiger partial charge in [0.25, 0.3) is 0 Å². The predicted molar refractivity (Wildman–Crippen MR) is 71.9 cm³/mol. The van der Waals surface area contributed by atoms with Crippen LogP contribution in [0.25, 0.3) is 0 Å². The Morgan fingerprint density at radius 2 is 1.80 bits per heavy atom. The highest BCUT2D eigenvalue weighted by Gasteiger charge is 2.36. The molecule has 1 aromatic heterocycles. The average molecular weight is 308 g/mol. The summed E-state index contributed by atoms with van der Waals surface area (Å²) in [6.45, 7) is 2.19. The zero-order chi connectivity index (χ0) is 14.9. The largest absolute Gasteiger partial charge is 0.451 e. The van der Waals surface area contributed by atoms with Crippen molar-refractivity contribution in [2.75, 3.05) is 11.9 Å². The van der Waals surface area contributed by atoms with E-state index in [1.807, 2.05) is 0 Å². The van der Waals surface area contributed by atoms with E-state index in [4.69, 9.17) is 11.6 Å². The maximum Gasteiger partial charge on any atom is 0.451 e. The number of rotatable bonds is 2. The van der Waals surface area contributed by atoms with Gasteiger partial charge < -0.3 is 4.90 Å². The lowest BCUT2D eigenvalue weighted by Crippen LogP contribution is -2.35. The molecule has 0 aliphatic heterocycles. The number of nitrogens with zero attached hydrogens (tertiary/aromatic N) is 3. The van der Waals surface area contributed by atoms with Gasteiger partial charge in [-0.3, -0.25) is 0 Å². The highest BCUT2D eigenvalue weighted by Crippen LogP contribution is 2.32. The molecule has 1 heterocycles. The number of aromatic nitrogens is 2. The van der Waals surface area contributed by atoms with Crippen LogP contribution >= 0.6 is 11.6 Å². The summed E-state index contributed by atoms with van der Waals surface area (Å²) in [5, 5.41) is -0.182. The van der Waals surface area contributed by atoms with Crippen LogP contribution in [0.2, 0.25) is 5.15 Å². The van der Waals surface area contributed by atoms with Crippen molar-refractivity contribution < 1.29 is 13.2 Å². The fraction of sp³-hybridized carbons (Fsp3) is 0.692. The molecule has 0 saturated heterocycles. The van der Waals surface area contributed by atoms with Gasteiger partial charge in [0, 0.05) is 19.2 Å². The highest BCUT2D eigenvalue weighted by molar-refractivity contribution is 6.29.